The molecule has 2 atom stereocenters. The molecular weight excluding hydrogens is 234 g/mol. The Morgan fingerprint density at radius 3 is 2.13 bits per heavy atom. The van der Waals surface area contributed by atoms with Crippen molar-refractivity contribution < 1.29 is 8.42 Å². The van der Waals surface area contributed by atoms with Crippen LogP contribution in [0.25, 0.3) is 0 Å². The lowest BCUT2D eigenvalue weighted by Gasteiger charge is -2.19. The van der Waals surface area contributed by atoms with Gasteiger partial charge >= 0.3 is 0 Å². The van der Waals surface area contributed by atoms with E-state index in [2.05, 4.69) is 4.72 Å². The number of hydrogen-bond acceptors (Lipinski definition) is 2. The van der Waals surface area contributed by atoms with Crippen molar-refractivity contribution in [1.82, 2.24) is 4.72 Å². The number of halogens is 1. The molecule has 0 saturated carbocycles. The summed E-state index contributed by atoms with van der Waals surface area (Å²) in [6, 6.07) is -0.0975. The summed E-state index contributed by atoms with van der Waals surface area (Å²) >= 11 is 5.67. The highest BCUT2D eigenvalue weighted by Crippen LogP contribution is 2.08. The zero-order valence-electron chi connectivity index (χ0n) is 9.96. The van der Waals surface area contributed by atoms with Crippen molar-refractivity contribution in [2.45, 2.75) is 40.2 Å². The summed E-state index contributed by atoms with van der Waals surface area (Å²) in [5.41, 5.74) is 0. The molecule has 0 aromatic rings. The topological polar surface area (TPSA) is 46.2 Å². The van der Waals surface area contributed by atoms with Gasteiger partial charge in [-0.25, -0.2) is 13.1 Å². The Balaban J connectivity index is 4.14. The molecule has 0 amide bonds. The Bertz CT molecular complexity index is 265. The molecule has 0 saturated heterocycles. The molecule has 5 heteroatoms. The Hall–Kier alpha value is 0.200. The summed E-state index contributed by atoms with van der Waals surface area (Å²) in [6.07, 6.45) is 0.692. The maximum atomic E-state index is 11.6. The van der Waals surface area contributed by atoms with Crippen molar-refractivity contribution in [1.29, 1.82) is 0 Å². The first-order valence-corrected chi connectivity index (χ1v) is 7.53. The van der Waals surface area contributed by atoms with Crippen molar-refractivity contribution in [3.05, 3.63) is 0 Å². The van der Waals surface area contributed by atoms with Crippen LogP contribution in [0.5, 0.6) is 0 Å². The molecule has 3 nitrogen and oxygen atoms in total. The minimum absolute atomic E-state index is 0.0975. The molecule has 0 heterocycles. The monoisotopic (exact) mass is 255 g/mol. The highest BCUT2D eigenvalue weighted by atomic mass is 35.5. The summed E-state index contributed by atoms with van der Waals surface area (Å²) < 4.78 is 25.9. The minimum atomic E-state index is -3.14. The molecule has 0 aliphatic heterocycles. The van der Waals surface area contributed by atoms with Crippen LogP contribution in [0, 0.1) is 11.8 Å². The van der Waals surface area contributed by atoms with Gasteiger partial charge in [-0.05, 0) is 25.2 Å². The lowest BCUT2D eigenvalue weighted by Crippen LogP contribution is -2.39. The molecule has 0 aliphatic carbocycles. The molecule has 0 radical (unpaired) electrons. The maximum Gasteiger partial charge on any atom is 0.211 e. The van der Waals surface area contributed by atoms with Gasteiger partial charge in [0.05, 0.1) is 5.75 Å². The van der Waals surface area contributed by atoms with Gasteiger partial charge in [-0.3, -0.25) is 0 Å². The van der Waals surface area contributed by atoms with E-state index in [4.69, 9.17) is 11.6 Å². The van der Waals surface area contributed by atoms with Crippen molar-refractivity contribution in [3.63, 3.8) is 0 Å². The van der Waals surface area contributed by atoms with E-state index < -0.39 is 10.0 Å². The van der Waals surface area contributed by atoms with Crippen LogP contribution in [0.4, 0.5) is 0 Å². The quantitative estimate of drug-likeness (QED) is 0.709. The van der Waals surface area contributed by atoms with Crippen LogP contribution < -0.4 is 4.72 Å². The summed E-state index contributed by atoms with van der Waals surface area (Å²) in [7, 11) is -3.14. The van der Waals surface area contributed by atoms with E-state index in [9.17, 15) is 8.42 Å². The average molecular weight is 256 g/mol. The predicted octanol–water partition coefficient (Wildman–Crippen LogP) is 2.22. The number of rotatable bonds is 7. The van der Waals surface area contributed by atoms with Gasteiger partial charge in [0.1, 0.15) is 0 Å². The molecule has 0 spiro atoms. The number of nitrogens with one attached hydrogen (secondary N) is 1. The van der Waals surface area contributed by atoms with Crippen LogP contribution in [-0.4, -0.2) is 26.1 Å². The first-order valence-electron chi connectivity index (χ1n) is 5.34. The van der Waals surface area contributed by atoms with Crippen LogP contribution in [0.3, 0.4) is 0 Å². The Labute approximate surface area is 98.6 Å². The third-order valence-corrected chi connectivity index (χ3v) is 4.42. The largest absolute Gasteiger partial charge is 0.212 e. The SMILES string of the molecule is CC(C)CCS(=O)(=O)NC(C)C(C)CCl. The van der Waals surface area contributed by atoms with Gasteiger partial charge in [0, 0.05) is 11.9 Å². The van der Waals surface area contributed by atoms with E-state index in [1.54, 1.807) is 0 Å². The molecule has 1 N–H and O–H groups in total. The smallest absolute Gasteiger partial charge is 0.211 e. The van der Waals surface area contributed by atoms with E-state index in [1.807, 2.05) is 27.7 Å². The summed E-state index contributed by atoms with van der Waals surface area (Å²) in [5.74, 6) is 1.22. The number of hydrogen-bond donors (Lipinski definition) is 1. The summed E-state index contributed by atoms with van der Waals surface area (Å²) in [6.45, 7) is 7.81. The van der Waals surface area contributed by atoms with Gasteiger partial charge in [-0.1, -0.05) is 20.8 Å². The third-order valence-electron chi connectivity index (χ3n) is 2.43. The van der Waals surface area contributed by atoms with Crippen LogP contribution >= 0.6 is 11.6 Å². The number of sulfonamides is 1. The normalized spacial score (nSPS) is 16.7. The molecule has 0 fully saturated rings. The van der Waals surface area contributed by atoms with Crippen LogP contribution in [0.1, 0.15) is 34.1 Å². The minimum Gasteiger partial charge on any atom is -0.212 e. The molecule has 0 aromatic carbocycles. The van der Waals surface area contributed by atoms with Crippen molar-refractivity contribution in [3.8, 4) is 0 Å². The van der Waals surface area contributed by atoms with E-state index in [1.165, 1.54) is 0 Å². The van der Waals surface area contributed by atoms with Crippen molar-refractivity contribution in [2.75, 3.05) is 11.6 Å². The lowest BCUT2D eigenvalue weighted by molar-refractivity contribution is 0.477. The van der Waals surface area contributed by atoms with Crippen molar-refractivity contribution >= 4 is 21.6 Å². The second kappa shape index (κ2) is 6.71. The van der Waals surface area contributed by atoms with Crippen LogP contribution in [0.2, 0.25) is 0 Å². The van der Waals surface area contributed by atoms with E-state index in [-0.39, 0.29) is 17.7 Å². The summed E-state index contributed by atoms with van der Waals surface area (Å²) in [5, 5.41) is 0. The molecular formula is C10H22ClNO2S. The molecule has 0 rings (SSSR count). The first kappa shape index (κ1) is 15.2. The fourth-order valence-electron chi connectivity index (χ4n) is 0.983. The average Bonchev–Trinajstić information content (AvgIpc) is 2.13. The van der Waals surface area contributed by atoms with Gasteiger partial charge < -0.3 is 0 Å². The van der Waals surface area contributed by atoms with E-state index in [0.717, 1.165) is 0 Å². The molecule has 0 aliphatic rings. The van der Waals surface area contributed by atoms with Gasteiger partial charge in [0.15, 0.2) is 0 Å². The summed E-state index contributed by atoms with van der Waals surface area (Å²) in [4.78, 5) is 0. The molecule has 0 bridgehead atoms. The molecule has 0 aromatic heterocycles. The second-order valence-corrected chi connectivity index (χ2v) is 6.72. The maximum absolute atomic E-state index is 11.6. The van der Waals surface area contributed by atoms with E-state index in [0.29, 0.717) is 18.2 Å². The van der Waals surface area contributed by atoms with Crippen LogP contribution in [-0.2, 0) is 10.0 Å². The molecule has 15 heavy (non-hydrogen) atoms. The zero-order chi connectivity index (χ0) is 12.1. The highest BCUT2D eigenvalue weighted by molar-refractivity contribution is 7.89. The highest BCUT2D eigenvalue weighted by Gasteiger charge is 2.18. The predicted molar refractivity (Wildman–Crippen MR) is 65.7 cm³/mol. The fourth-order valence-corrected chi connectivity index (χ4v) is 2.95. The van der Waals surface area contributed by atoms with Crippen molar-refractivity contribution in [2.24, 2.45) is 11.8 Å². The second-order valence-electron chi connectivity index (χ2n) is 4.54. The zero-order valence-corrected chi connectivity index (χ0v) is 11.5. The Morgan fingerprint density at radius 2 is 1.73 bits per heavy atom. The van der Waals surface area contributed by atoms with Gasteiger partial charge in [0.25, 0.3) is 0 Å². The number of alkyl halides is 1. The first-order chi connectivity index (χ1) is 6.78. The Kier molecular flexibility index (Phi) is 6.80. The van der Waals surface area contributed by atoms with Gasteiger partial charge in [0.2, 0.25) is 10.0 Å². The van der Waals surface area contributed by atoms with Crippen LogP contribution in [0.15, 0.2) is 0 Å². The van der Waals surface area contributed by atoms with Gasteiger partial charge in [-0.2, -0.15) is 0 Å². The molecule has 92 valence electrons. The Morgan fingerprint density at radius 1 is 1.20 bits per heavy atom. The fraction of sp³-hybridized carbons (Fsp3) is 1.00. The van der Waals surface area contributed by atoms with E-state index >= 15 is 0 Å². The lowest BCUT2D eigenvalue weighted by atomic mass is 10.1. The molecule has 2 unspecified atom stereocenters. The van der Waals surface area contributed by atoms with Gasteiger partial charge in [-0.15, -0.1) is 11.6 Å². The standard InChI is InChI=1S/C10H22ClNO2S/c1-8(2)5-6-15(13,14)12-10(4)9(3)7-11/h8-10,12H,5-7H2,1-4H3. The third kappa shape index (κ3) is 7.14.